The molecular formula is C21H22Cl2N2O. The Morgan fingerprint density at radius 2 is 1.54 bits per heavy atom. The second-order valence-corrected chi connectivity index (χ2v) is 6.60. The number of halogens is 2. The van der Waals surface area contributed by atoms with Crippen molar-refractivity contribution in [3.8, 4) is 16.9 Å². The van der Waals surface area contributed by atoms with Crippen LogP contribution in [-0.4, -0.2) is 15.6 Å². The summed E-state index contributed by atoms with van der Waals surface area (Å²) in [5.74, 6) is -0.0620. The van der Waals surface area contributed by atoms with Crippen molar-refractivity contribution in [3.63, 3.8) is 0 Å². The second kappa shape index (κ2) is 8.52. The van der Waals surface area contributed by atoms with Crippen LogP contribution in [0.25, 0.3) is 16.9 Å². The quantitative estimate of drug-likeness (QED) is 0.468. The average Bonchev–Trinajstić information content (AvgIpc) is 2.95. The molecule has 0 aliphatic rings. The molecule has 0 atom stereocenters. The molecule has 0 spiro atoms. The Kier molecular flexibility index (Phi) is 6.63. The normalized spacial score (nSPS) is 10.3. The van der Waals surface area contributed by atoms with Gasteiger partial charge in [0.2, 0.25) is 0 Å². The van der Waals surface area contributed by atoms with Crippen LogP contribution in [0.5, 0.6) is 0 Å². The number of nitrogens with zero attached hydrogens (tertiary/aromatic N) is 2. The first kappa shape index (κ1) is 20.2. The van der Waals surface area contributed by atoms with Crippen LogP contribution in [0.15, 0.2) is 42.5 Å². The number of aryl methyl sites for hydroxylation is 1. The molecule has 5 heteroatoms. The Labute approximate surface area is 164 Å². The van der Waals surface area contributed by atoms with Gasteiger partial charge in [-0.3, -0.25) is 4.79 Å². The Morgan fingerprint density at radius 3 is 2.08 bits per heavy atom. The Hall–Kier alpha value is -2.10. The third kappa shape index (κ3) is 4.00. The van der Waals surface area contributed by atoms with Crippen LogP contribution >= 0.6 is 23.2 Å². The predicted molar refractivity (Wildman–Crippen MR) is 110 cm³/mol. The molecule has 0 aliphatic heterocycles. The summed E-state index contributed by atoms with van der Waals surface area (Å²) >= 11 is 12.1. The van der Waals surface area contributed by atoms with Crippen LogP contribution < -0.4 is 0 Å². The number of carbonyl (C=O) groups excluding carboxylic acids is 1. The smallest absolute Gasteiger partial charge is 0.180 e. The highest BCUT2D eigenvalue weighted by Gasteiger charge is 2.20. The first-order chi connectivity index (χ1) is 12.4. The molecule has 3 aromatic rings. The van der Waals surface area contributed by atoms with E-state index in [4.69, 9.17) is 23.2 Å². The minimum absolute atomic E-state index is 0.0620. The third-order valence-corrected chi connectivity index (χ3v) is 4.45. The van der Waals surface area contributed by atoms with E-state index in [1.54, 1.807) is 4.68 Å². The molecule has 136 valence electrons. The van der Waals surface area contributed by atoms with Crippen molar-refractivity contribution in [3.05, 3.63) is 69.3 Å². The van der Waals surface area contributed by atoms with Crippen LogP contribution in [0.2, 0.25) is 10.0 Å². The van der Waals surface area contributed by atoms with Gasteiger partial charge >= 0.3 is 0 Å². The number of Topliss-reactive ketones (excluding diaryl/α,β-unsaturated/α-hetero) is 1. The number of carbonyl (C=O) groups is 1. The lowest BCUT2D eigenvalue weighted by Gasteiger charge is -2.12. The standard InChI is InChI=1S/C19H16Cl2N2O.C2H6/c1-11-10-16(21)8-9-17(11)23-19(12(2)18(22-23)13(3)24)14-4-6-15(20)7-5-14;1-2/h4-10H,1-3H3;1-2H3. The van der Waals surface area contributed by atoms with Gasteiger partial charge in [-0.1, -0.05) is 49.2 Å². The van der Waals surface area contributed by atoms with Crippen LogP contribution in [0.1, 0.15) is 42.4 Å². The Balaban J connectivity index is 0.00000117. The third-order valence-electron chi connectivity index (χ3n) is 3.96. The molecule has 2 aromatic carbocycles. The van der Waals surface area contributed by atoms with Crippen molar-refractivity contribution >= 4 is 29.0 Å². The van der Waals surface area contributed by atoms with E-state index in [9.17, 15) is 4.79 Å². The zero-order valence-corrected chi connectivity index (χ0v) is 17.1. The fourth-order valence-electron chi connectivity index (χ4n) is 2.81. The molecule has 0 amide bonds. The molecule has 3 nitrogen and oxygen atoms in total. The fourth-order valence-corrected chi connectivity index (χ4v) is 3.16. The van der Waals surface area contributed by atoms with E-state index >= 15 is 0 Å². The second-order valence-electron chi connectivity index (χ2n) is 5.73. The van der Waals surface area contributed by atoms with E-state index in [-0.39, 0.29) is 5.78 Å². The van der Waals surface area contributed by atoms with E-state index in [1.165, 1.54) is 6.92 Å². The van der Waals surface area contributed by atoms with E-state index in [1.807, 2.05) is 70.2 Å². The van der Waals surface area contributed by atoms with Gasteiger partial charge in [0.1, 0.15) is 5.69 Å². The highest BCUT2D eigenvalue weighted by molar-refractivity contribution is 6.31. The van der Waals surface area contributed by atoms with Gasteiger partial charge in [0, 0.05) is 28.1 Å². The maximum absolute atomic E-state index is 12.0. The number of hydrogen-bond donors (Lipinski definition) is 0. The summed E-state index contributed by atoms with van der Waals surface area (Å²) in [6, 6.07) is 13.1. The summed E-state index contributed by atoms with van der Waals surface area (Å²) in [5, 5.41) is 5.89. The van der Waals surface area contributed by atoms with Gasteiger partial charge in [0.25, 0.3) is 0 Å². The topological polar surface area (TPSA) is 34.9 Å². The minimum atomic E-state index is -0.0620. The summed E-state index contributed by atoms with van der Waals surface area (Å²) in [4.78, 5) is 12.0. The van der Waals surface area contributed by atoms with Crippen LogP contribution in [0.3, 0.4) is 0 Å². The largest absolute Gasteiger partial charge is 0.293 e. The van der Waals surface area contributed by atoms with Crippen molar-refractivity contribution in [2.75, 3.05) is 0 Å². The zero-order chi connectivity index (χ0) is 19.4. The molecule has 0 bridgehead atoms. The number of hydrogen-bond acceptors (Lipinski definition) is 2. The summed E-state index contributed by atoms with van der Waals surface area (Å²) in [6.07, 6.45) is 0. The first-order valence-electron chi connectivity index (χ1n) is 8.51. The van der Waals surface area contributed by atoms with Gasteiger partial charge in [0.05, 0.1) is 11.4 Å². The first-order valence-corrected chi connectivity index (χ1v) is 9.27. The van der Waals surface area contributed by atoms with Gasteiger partial charge in [-0.05, 0) is 49.7 Å². The molecule has 3 rings (SSSR count). The van der Waals surface area contributed by atoms with Crippen molar-refractivity contribution in [2.45, 2.75) is 34.6 Å². The SMILES string of the molecule is CC.CC(=O)c1nn(-c2ccc(Cl)cc2C)c(-c2ccc(Cl)cc2)c1C. The highest BCUT2D eigenvalue weighted by atomic mass is 35.5. The monoisotopic (exact) mass is 388 g/mol. The molecule has 1 aromatic heterocycles. The van der Waals surface area contributed by atoms with Crippen LogP contribution in [0, 0.1) is 13.8 Å². The van der Waals surface area contributed by atoms with Gasteiger partial charge in [-0.2, -0.15) is 5.10 Å². The van der Waals surface area contributed by atoms with E-state index in [0.29, 0.717) is 15.7 Å². The predicted octanol–water partition coefficient (Wildman–Crippen LogP) is 6.69. The zero-order valence-electron chi connectivity index (χ0n) is 15.6. The van der Waals surface area contributed by atoms with Gasteiger partial charge in [-0.15, -0.1) is 0 Å². The van der Waals surface area contributed by atoms with E-state index < -0.39 is 0 Å². The number of rotatable bonds is 3. The molecule has 0 fully saturated rings. The molecule has 0 N–H and O–H groups in total. The van der Waals surface area contributed by atoms with Gasteiger partial charge < -0.3 is 0 Å². The van der Waals surface area contributed by atoms with Gasteiger partial charge in [-0.25, -0.2) is 4.68 Å². The fraction of sp³-hybridized carbons (Fsp3) is 0.238. The summed E-state index contributed by atoms with van der Waals surface area (Å²) in [5.41, 5.74) is 5.01. The molecule has 0 aliphatic carbocycles. The molecular weight excluding hydrogens is 367 g/mol. The number of ketones is 1. The lowest BCUT2D eigenvalue weighted by Crippen LogP contribution is -2.03. The molecule has 26 heavy (non-hydrogen) atoms. The summed E-state index contributed by atoms with van der Waals surface area (Å²) in [6.45, 7) is 9.41. The molecule has 0 saturated carbocycles. The molecule has 0 saturated heterocycles. The molecule has 0 radical (unpaired) electrons. The molecule has 0 unspecified atom stereocenters. The van der Waals surface area contributed by atoms with E-state index in [0.717, 1.165) is 28.1 Å². The van der Waals surface area contributed by atoms with Crippen molar-refractivity contribution in [1.29, 1.82) is 0 Å². The Bertz CT molecular complexity index is 928. The lowest BCUT2D eigenvalue weighted by molar-refractivity contribution is 0.101. The molecule has 1 heterocycles. The summed E-state index contributed by atoms with van der Waals surface area (Å²) in [7, 11) is 0. The average molecular weight is 389 g/mol. The van der Waals surface area contributed by atoms with Crippen molar-refractivity contribution in [1.82, 2.24) is 9.78 Å². The maximum Gasteiger partial charge on any atom is 0.180 e. The Morgan fingerprint density at radius 1 is 0.962 bits per heavy atom. The minimum Gasteiger partial charge on any atom is -0.293 e. The lowest BCUT2D eigenvalue weighted by atomic mass is 10.0. The van der Waals surface area contributed by atoms with Crippen molar-refractivity contribution in [2.24, 2.45) is 0 Å². The summed E-state index contributed by atoms with van der Waals surface area (Å²) < 4.78 is 1.81. The van der Waals surface area contributed by atoms with Crippen LogP contribution in [-0.2, 0) is 0 Å². The van der Waals surface area contributed by atoms with Crippen LogP contribution in [0.4, 0.5) is 0 Å². The highest BCUT2D eigenvalue weighted by Crippen LogP contribution is 2.31. The number of aromatic nitrogens is 2. The maximum atomic E-state index is 12.0. The van der Waals surface area contributed by atoms with Gasteiger partial charge in [0.15, 0.2) is 5.78 Å². The number of benzene rings is 2. The van der Waals surface area contributed by atoms with E-state index in [2.05, 4.69) is 5.10 Å². The van der Waals surface area contributed by atoms with Crippen molar-refractivity contribution < 1.29 is 4.79 Å².